The summed E-state index contributed by atoms with van der Waals surface area (Å²) in [6.45, 7) is 3.82. The van der Waals surface area contributed by atoms with Crippen LogP contribution < -0.4 is 10.6 Å². The zero-order valence-electron chi connectivity index (χ0n) is 14.5. The van der Waals surface area contributed by atoms with E-state index in [9.17, 15) is 13.2 Å². The molecule has 1 amide bonds. The second kappa shape index (κ2) is 7.25. The third-order valence-electron chi connectivity index (χ3n) is 4.27. The standard InChI is InChI=1S/C18H20ClN3O3S/c1-11-7-12(2)17(15(19)8-11)22-18(23)16-4-3-13(9-20-16)21-14-5-6-26(24,25)10-14/h3-4,7-9,14,21H,5-6,10H2,1-2H3,(H,22,23). The number of carbonyl (C=O) groups is 1. The summed E-state index contributed by atoms with van der Waals surface area (Å²) in [4.78, 5) is 16.6. The van der Waals surface area contributed by atoms with Crippen LogP contribution in [0.3, 0.4) is 0 Å². The lowest BCUT2D eigenvalue weighted by Crippen LogP contribution is -2.21. The van der Waals surface area contributed by atoms with Crippen LogP contribution in [0.5, 0.6) is 0 Å². The maximum absolute atomic E-state index is 12.4. The van der Waals surface area contributed by atoms with Gasteiger partial charge in [0.2, 0.25) is 0 Å². The van der Waals surface area contributed by atoms with E-state index in [-0.39, 0.29) is 29.1 Å². The number of rotatable bonds is 4. The van der Waals surface area contributed by atoms with E-state index < -0.39 is 9.84 Å². The maximum Gasteiger partial charge on any atom is 0.274 e. The van der Waals surface area contributed by atoms with Gasteiger partial charge in [-0.05, 0) is 49.6 Å². The smallest absolute Gasteiger partial charge is 0.274 e. The monoisotopic (exact) mass is 393 g/mol. The van der Waals surface area contributed by atoms with Gasteiger partial charge in [0.15, 0.2) is 9.84 Å². The van der Waals surface area contributed by atoms with Gasteiger partial charge in [-0.2, -0.15) is 0 Å². The van der Waals surface area contributed by atoms with Crippen molar-refractivity contribution in [1.29, 1.82) is 0 Å². The molecule has 8 heteroatoms. The van der Waals surface area contributed by atoms with Crippen LogP contribution in [0.4, 0.5) is 11.4 Å². The van der Waals surface area contributed by atoms with Crippen molar-refractivity contribution in [1.82, 2.24) is 4.98 Å². The van der Waals surface area contributed by atoms with Crippen LogP contribution >= 0.6 is 11.6 Å². The molecule has 1 saturated heterocycles. The Morgan fingerprint density at radius 1 is 1.27 bits per heavy atom. The van der Waals surface area contributed by atoms with Crippen LogP contribution in [0.15, 0.2) is 30.5 Å². The molecule has 2 N–H and O–H groups in total. The van der Waals surface area contributed by atoms with E-state index in [1.807, 2.05) is 19.9 Å². The summed E-state index contributed by atoms with van der Waals surface area (Å²) in [7, 11) is -2.94. The van der Waals surface area contributed by atoms with E-state index in [1.54, 1.807) is 18.2 Å². The van der Waals surface area contributed by atoms with Gasteiger partial charge in [-0.15, -0.1) is 0 Å². The number of aromatic nitrogens is 1. The number of amides is 1. The minimum absolute atomic E-state index is 0.115. The highest BCUT2D eigenvalue weighted by Gasteiger charge is 2.27. The lowest BCUT2D eigenvalue weighted by atomic mass is 10.1. The second-order valence-electron chi connectivity index (χ2n) is 6.57. The van der Waals surface area contributed by atoms with Crippen LogP contribution in [0.25, 0.3) is 0 Å². The largest absolute Gasteiger partial charge is 0.380 e. The molecule has 1 aromatic heterocycles. The number of anilines is 2. The van der Waals surface area contributed by atoms with Gasteiger partial charge < -0.3 is 10.6 Å². The zero-order valence-corrected chi connectivity index (χ0v) is 16.1. The van der Waals surface area contributed by atoms with Crippen molar-refractivity contribution >= 4 is 38.7 Å². The molecule has 2 aromatic rings. The summed E-state index contributed by atoms with van der Waals surface area (Å²) in [5, 5.41) is 6.42. The highest BCUT2D eigenvalue weighted by molar-refractivity contribution is 7.91. The molecule has 0 spiro atoms. The fraction of sp³-hybridized carbons (Fsp3) is 0.333. The maximum atomic E-state index is 12.4. The van der Waals surface area contributed by atoms with Crippen molar-refractivity contribution in [2.24, 2.45) is 0 Å². The quantitative estimate of drug-likeness (QED) is 0.832. The molecule has 3 rings (SSSR count). The third kappa shape index (κ3) is 4.34. The molecule has 1 aliphatic heterocycles. The van der Waals surface area contributed by atoms with E-state index in [2.05, 4.69) is 15.6 Å². The summed E-state index contributed by atoms with van der Waals surface area (Å²) in [6.07, 6.45) is 2.11. The summed E-state index contributed by atoms with van der Waals surface area (Å²) in [6, 6.07) is 6.93. The summed E-state index contributed by atoms with van der Waals surface area (Å²) in [5.74, 6) is -0.0239. The molecule has 138 valence electrons. The summed E-state index contributed by atoms with van der Waals surface area (Å²) >= 11 is 6.22. The molecule has 0 saturated carbocycles. The molecular formula is C18H20ClN3O3S. The molecule has 0 radical (unpaired) electrons. The van der Waals surface area contributed by atoms with Crippen LogP contribution in [-0.2, 0) is 9.84 Å². The van der Waals surface area contributed by atoms with Gasteiger partial charge in [0.05, 0.1) is 34.1 Å². The first-order chi connectivity index (χ1) is 12.2. The topological polar surface area (TPSA) is 88.2 Å². The van der Waals surface area contributed by atoms with E-state index >= 15 is 0 Å². The van der Waals surface area contributed by atoms with Crippen molar-refractivity contribution in [3.63, 3.8) is 0 Å². The fourth-order valence-electron chi connectivity index (χ4n) is 3.01. The molecule has 0 bridgehead atoms. The molecule has 1 atom stereocenters. The normalized spacial score (nSPS) is 18.5. The molecule has 1 unspecified atom stereocenters. The number of carbonyl (C=O) groups excluding carboxylic acids is 1. The Bertz CT molecular complexity index is 920. The molecule has 6 nitrogen and oxygen atoms in total. The van der Waals surface area contributed by atoms with Crippen LogP contribution in [0, 0.1) is 13.8 Å². The minimum atomic E-state index is -2.94. The lowest BCUT2D eigenvalue weighted by Gasteiger charge is -2.13. The Morgan fingerprint density at radius 3 is 2.62 bits per heavy atom. The average molecular weight is 394 g/mol. The van der Waals surface area contributed by atoms with Crippen molar-refractivity contribution in [2.45, 2.75) is 26.3 Å². The van der Waals surface area contributed by atoms with Crippen molar-refractivity contribution < 1.29 is 13.2 Å². The first kappa shape index (κ1) is 18.7. The van der Waals surface area contributed by atoms with E-state index in [0.717, 1.165) is 11.1 Å². The SMILES string of the molecule is Cc1cc(C)c(NC(=O)c2ccc(NC3CCS(=O)(=O)C3)cn2)c(Cl)c1. The molecule has 1 fully saturated rings. The van der Waals surface area contributed by atoms with Crippen molar-refractivity contribution in [3.05, 3.63) is 52.3 Å². The molecule has 0 aliphatic carbocycles. The zero-order chi connectivity index (χ0) is 18.9. The minimum Gasteiger partial charge on any atom is -0.380 e. The molecule has 1 aromatic carbocycles. The van der Waals surface area contributed by atoms with Gasteiger partial charge in [-0.25, -0.2) is 13.4 Å². The first-order valence-corrected chi connectivity index (χ1v) is 10.4. The number of sulfone groups is 1. The Morgan fingerprint density at radius 2 is 2.04 bits per heavy atom. The number of nitrogens with one attached hydrogen (secondary N) is 2. The molecule has 1 aliphatic rings. The highest BCUT2D eigenvalue weighted by Crippen LogP contribution is 2.27. The van der Waals surface area contributed by atoms with Gasteiger partial charge in [0.25, 0.3) is 5.91 Å². The van der Waals surface area contributed by atoms with E-state index in [4.69, 9.17) is 11.6 Å². The van der Waals surface area contributed by atoms with E-state index in [0.29, 0.717) is 22.8 Å². The van der Waals surface area contributed by atoms with Gasteiger partial charge >= 0.3 is 0 Å². The predicted molar refractivity (Wildman–Crippen MR) is 104 cm³/mol. The van der Waals surface area contributed by atoms with Gasteiger partial charge in [0.1, 0.15) is 5.69 Å². The van der Waals surface area contributed by atoms with Crippen LogP contribution in [-0.4, -0.2) is 36.9 Å². The number of hydrogen-bond acceptors (Lipinski definition) is 5. The van der Waals surface area contributed by atoms with Crippen LogP contribution in [0.2, 0.25) is 5.02 Å². The van der Waals surface area contributed by atoms with Crippen molar-refractivity contribution in [3.8, 4) is 0 Å². The lowest BCUT2D eigenvalue weighted by molar-refractivity contribution is 0.102. The Balaban J connectivity index is 1.68. The summed E-state index contributed by atoms with van der Waals surface area (Å²) in [5.41, 5.74) is 3.42. The van der Waals surface area contributed by atoms with E-state index in [1.165, 1.54) is 6.20 Å². The van der Waals surface area contributed by atoms with Crippen LogP contribution in [0.1, 0.15) is 28.0 Å². The number of benzene rings is 1. The summed E-state index contributed by atoms with van der Waals surface area (Å²) < 4.78 is 23.0. The average Bonchev–Trinajstić information content (AvgIpc) is 2.90. The molecule has 26 heavy (non-hydrogen) atoms. The van der Waals surface area contributed by atoms with Gasteiger partial charge in [-0.1, -0.05) is 17.7 Å². The number of pyridine rings is 1. The number of aryl methyl sites for hydroxylation is 2. The Hall–Kier alpha value is -2.12. The van der Waals surface area contributed by atoms with Crippen molar-refractivity contribution in [2.75, 3.05) is 22.1 Å². The molecule has 2 heterocycles. The van der Waals surface area contributed by atoms with Gasteiger partial charge in [0, 0.05) is 6.04 Å². The number of nitrogens with zero attached hydrogens (tertiary/aromatic N) is 1. The Kier molecular flexibility index (Phi) is 5.20. The number of halogens is 1. The predicted octanol–water partition coefficient (Wildman–Crippen LogP) is 3.20. The third-order valence-corrected chi connectivity index (χ3v) is 6.34. The second-order valence-corrected chi connectivity index (χ2v) is 9.21. The molecular weight excluding hydrogens is 374 g/mol. The van der Waals surface area contributed by atoms with Gasteiger partial charge in [-0.3, -0.25) is 4.79 Å². The number of hydrogen-bond donors (Lipinski definition) is 2. The fourth-order valence-corrected chi connectivity index (χ4v) is 5.05. The Labute approximate surface area is 157 Å². The first-order valence-electron chi connectivity index (χ1n) is 8.24. The highest BCUT2D eigenvalue weighted by atomic mass is 35.5.